The first-order valence-electron chi connectivity index (χ1n) is 5.40. The van der Waals surface area contributed by atoms with Gasteiger partial charge in [-0.2, -0.15) is 0 Å². The second kappa shape index (κ2) is 3.97. The Morgan fingerprint density at radius 3 is 2.54 bits per heavy atom. The van der Waals surface area contributed by atoms with Crippen LogP contribution in [0.15, 0.2) is 0 Å². The van der Waals surface area contributed by atoms with Crippen molar-refractivity contribution < 1.29 is 5.11 Å². The normalized spacial score (nSPS) is 31.2. The van der Waals surface area contributed by atoms with Crippen LogP contribution in [0.1, 0.15) is 40.5 Å². The molecule has 2 nitrogen and oxygen atoms in total. The molecular formula is C11H23NO. The Hall–Kier alpha value is -0.0800. The fourth-order valence-corrected chi connectivity index (χ4v) is 2.47. The summed E-state index contributed by atoms with van der Waals surface area (Å²) in [6.45, 7) is 10.2. The number of likely N-dealkylation sites (tertiary alicyclic amines) is 1. The first kappa shape index (κ1) is 11.0. The van der Waals surface area contributed by atoms with Crippen molar-refractivity contribution in [3.8, 4) is 0 Å². The molecule has 1 aliphatic heterocycles. The predicted octanol–water partition coefficient (Wildman–Crippen LogP) is 1.88. The van der Waals surface area contributed by atoms with Crippen LogP contribution in [0.25, 0.3) is 0 Å². The van der Waals surface area contributed by atoms with Gasteiger partial charge in [0, 0.05) is 11.6 Å². The number of rotatable bonds is 3. The molecule has 2 atom stereocenters. The summed E-state index contributed by atoms with van der Waals surface area (Å²) >= 11 is 0. The standard InChI is InChI=1S/C11H23NO/c1-5-10-9(2)6-7-12(10)11(3,4)8-13/h9-10,13H,5-8H2,1-4H3. The van der Waals surface area contributed by atoms with Crippen molar-refractivity contribution in [2.75, 3.05) is 13.2 Å². The maximum Gasteiger partial charge on any atom is 0.0610 e. The molecule has 1 fully saturated rings. The third kappa shape index (κ3) is 2.05. The second-order valence-electron chi connectivity index (χ2n) is 4.91. The third-order valence-corrected chi connectivity index (χ3v) is 3.47. The summed E-state index contributed by atoms with van der Waals surface area (Å²) < 4.78 is 0. The van der Waals surface area contributed by atoms with Crippen molar-refractivity contribution in [2.45, 2.75) is 52.1 Å². The minimum Gasteiger partial charge on any atom is -0.394 e. The molecule has 78 valence electrons. The van der Waals surface area contributed by atoms with E-state index in [1.807, 2.05) is 0 Å². The van der Waals surface area contributed by atoms with Gasteiger partial charge < -0.3 is 5.11 Å². The lowest BCUT2D eigenvalue weighted by molar-refractivity contribution is 0.0394. The molecule has 0 bridgehead atoms. The Kier molecular flexibility index (Phi) is 3.36. The van der Waals surface area contributed by atoms with Crippen LogP contribution in [-0.2, 0) is 0 Å². The van der Waals surface area contributed by atoms with E-state index in [2.05, 4.69) is 32.6 Å². The molecule has 0 saturated carbocycles. The summed E-state index contributed by atoms with van der Waals surface area (Å²) in [6.07, 6.45) is 2.48. The molecule has 13 heavy (non-hydrogen) atoms. The smallest absolute Gasteiger partial charge is 0.0610 e. The fraction of sp³-hybridized carbons (Fsp3) is 1.00. The molecule has 0 spiro atoms. The van der Waals surface area contributed by atoms with Crippen LogP contribution in [0.4, 0.5) is 0 Å². The highest BCUT2D eigenvalue weighted by Gasteiger charge is 2.38. The molecule has 0 radical (unpaired) electrons. The molecule has 2 unspecified atom stereocenters. The highest BCUT2D eigenvalue weighted by molar-refractivity contribution is 4.92. The summed E-state index contributed by atoms with van der Waals surface area (Å²) in [4.78, 5) is 2.47. The van der Waals surface area contributed by atoms with E-state index in [1.165, 1.54) is 12.8 Å². The van der Waals surface area contributed by atoms with Gasteiger partial charge in [-0.05, 0) is 39.2 Å². The van der Waals surface area contributed by atoms with Crippen LogP contribution in [-0.4, -0.2) is 34.7 Å². The largest absolute Gasteiger partial charge is 0.394 e. The van der Waals surface area contributed by atoms with Crippen molar-refractivity contribution in [1.29, 1.82) is 0 Å². The van der Waals surface area contributed by atoms with E-state index in [0.717, 1.165) is 12.5 Å². The highest BCUT2D eigenvalue weighted by Crippen LogP contribution is 2.32. The van der Waals surface area contributed by atoms with Gasteiger partial charge in [0.25, 0.3) is 0 Å². The minimum atomic E-state index is -0.0363. The van der Waals surface area contributed by atoms with Gasteiger partial charge in [0.15, 0.2) is 0 Å². The molecule has 1 heterocycles. The minimum absolute atomic E-state index is 0.0363. The molecule has 1 N–H and O–H groups in total. The second-order valence-corrected chi connectivity index (χ2v) is 4.91. The summed E-state index contributed by atoms with van der Waals surface area (Å²) in [5, 5.41) is 9.31. The van der Waals surface area contributed by atoms with E-state index in [9.17, 15) is 5.11 Å². The maximum absolute atomic E-state index is 9.31. The summed E-state index contributed by atoms with van der Waals surface area (Å²) in [6, 6.07) is 0.669. The average Bonchev–Trinajstić information content (AvgIpc) is 2.47. The van der Waals surface area contributed by atoms with Gasteiger partial charge in [-0.25, -0.2) is 0 Å². The number of aliphatic hydroxyl groups is 1. The van der Waals surface area contributed by atoms with Gasteiger partial charge in [-0.15, -0.1) is 0 Å². The summed E-state index contributed by atoms with van der Waals surface area (Å²) in [5.74, 6) is 0.788. The Morgan fingerprint density at radius 2 is 2.08 bits per heavy atom. The number of hydrogen-bond acceptors (Lipinski definition) is 2. The molecule has 0 aromatic heterocycles. The molecule has 1 saturated heterocycles. The van der Waals surface area contributed by atoms with Crippen molar-refractivity contribution in [3.63, 3.8) is 0 Å². The Morgan fingerprint density at radius 1 is 1.46 bits per heavy atom. The van der Waals surface area contributed by atoms with Gasteiger partial charge in [-0.1, -0.05) is 13.8 Å². The van der Waals surface area contributed by atoms with Crippen LogP contribution in [0.5, 0.6) is 0 Å². The van der Waals surface area contributed by atoms with Crippen molar-refractivity contribution in [3.05, 3.63) is 0 Å². The zero-order valence-electron chi connectivity index (χ0n) is 9.38. The fourth-order valence-electron chi connectivity index (χ4n) is 2.47. The van der Waals surface area contributed by atoms with Crippen LogP contribution >= 0.6 is 0 Å². The molecule has 0 aromatic rings. The van der Waals surface area contributed by atoms with E-state index in [0.29, 0.717) is 6.04 Å². The first-order chi connectivity index (χ1) is 6.03. The van der Waals surface area contributed by atoms with Gasteiger partial charge in [0.2, 0.25) is 0 Å². The van der Waals surface area contributed by atoms with E-state index in [-0.39, 0.29) is 12.1 Å². The van der Waals surface area contributed by atoms with Crippen LogP contribution in [0.3, 0.4) is 0 Å². The summed E-state index contributed by atoms with van der Waals surface area (Å²) in [7, 11) is 0. The SMILES string of the molecule is CCC1C(C)CCN1C(C)(C)CO. The van der Waals surface area contributed by atoms with Crippen molar-refractivity contribution in [2.24, 2.45) is 5.92 Å². The molecule has 1 aliphatic rings. The Bertz CT molecular complexity index is 167. The first-order valence-corrected chi connectivity index (χ1v) is 5.40. The van der Waals surface area contributed by atoms with Crippen LogP contribution < -0.4 is 0 Å². The highest BCUT2D eigenvalue weighted by atomic mass is 16.3. The van der Waals surface area contributed by atoms with Gasteiger partial charge in [0.1, 0.15) is 0 Å². The predicted molar refractivity (Wildman–Crippen MR) is 55.7 cm³/mol. The molecule has 2 heteroatoms. The third-order valence-electron chi connectivity index (χ3n) is 3.47. The maximum atomic E-state index is 9.31. The van der Waals surface area contributed by atoms with Gasteiger partial charge >= 0.3 is 0 Å². The zero-order chi connectivity index (χ0) is 10.1. The number of aliphatic hydroxyl groups excluding tert-OH is 1. The van der Waals surface area contributed by atoms with Crippen LogP contribution in [0, 0.1) is 5.92 Å². The lowest BCUT2D eigenvalue weighted by Crippen LogP contribution is -2.50. The molecule has 0 aromatic carbocycles. The van der Waals surface area contributed by atoms with Crippen LogP contribution in [0.2, 0.25) is 0 Å². The molecule has 0 amide bonds. The monoisotopic (exact) mass is 185 g/mol. The number of hydrogen-bond donors (Lipinski definition) is 1. The zero-order valence-corrected chi connectivity index (χ0v) is 9.38. The van der Waals surface area contributed by atoms with E-state index >= 15 is 0 Å². The lowest BCUT2D eigenvalue weighted by Gasteiger charge is -2.39. The molecular weight excluding hydrogens is 162 g/mol. The van der Waals surface area contributed by atoms with Crippen molar-refractivity contribution in [1.82, 2.24) is 4.90 Å². The van der Waals surface area contributed by atoms with Crippen molar-refractivity contribution >= 4 is 0 Å². The molecule has 0 aliphatic carbocycles. The van der Waals surface area contributed by atoms with E-state index in [1.54, 1.807) is 0 Å². The quantitative estimate of drug-likeness (QED) is 0.725. The van der Waals surface area contributed by atoms with E-state index < -0.39 is 0 Å². The van der Waals surface area contributed by atoms with Gasteiger partial charge in [-0.3, -0.25) is 4.90 Å². The number of nitrogens with zero attached hydrogens (tertiary/aromatic N) is 1. The Labute approximate surface area is 81.9 Å². The van der Waals surface area contributed by atoms with E-state index in [4.69, 9.17) is 0 Å². The molecule has 1 rings (SSSR count). The Balaban J connectivity index is 2.70. The average molecular weight is 185 g/mol. The lowest BCUT2D eigenvalue weighted by atomic mass is 9.97. The summed E-state index contributed by atoms with van der Waals surface area (Å²) in [5.41, 5.74) is -0.0363. The van der Waals surface area contributed by atoms with Gasteiger partial charge in [0.05, 0.1) is 6.61 Å². The topological polar surface area (TPSA) is 23.5 Å².